The molecule has 1 amide bonds. The van der Waals surface area contributed by atoms with Crippen molar-refractivity contribution in [2.24, 2.45) is 5.92 Å². The van der Waals surface area contributed by atoms with Gasteiger partial charge in [0.15, 0.2) is 0 Å². The first-order valence-electron chi connectivity index (χ1n) is 9.00. The summed E-state index contributed by atoms with van der Waals surface area (Å²) in [7, 11) is 0. The van der Waals surface area contributed by atoms with Crippen molar-refractivity contribution in [3.05, 3.63) is 35.9 Å². The van der Waals surface area contributed by atoms with Crippen LogP contribution < -0.4 is 10.6 Å². The third-order valence-corrected chi connectivity index (χ3v) is 3.83. The van der Waals surface area contributed by atoms with Crippen LogP contribution in [0.25, 0.3) is 0 Å². The van der Waals surface area contributed by atoms with E-state index in [1.807, 2.05) is 44.2 Å². The maximum absolute atomic E-state index is 12.7. The molecule has 3 atom stereocenters. The molecular weight excluding hydrogens is 332 g/mol. The highest BCUT2D eigenvalue weighted by atomic mass is 16.6. The lowest BCUT2D eigenvalue weighted by Crippen LogP contribution is -2.53. The summed E-state index contributed by atoms with van der Waals surface area (Å²) in [6.45, 7) is 10.6. The molecule has 1 aromatic carbocycles. The highest BCUT2D eigenvalue weighted by Crippen LogP contribution is 2.15. The number of amides is 1. The first kappa shape index (κ1) is 22.1. The summed E-state index contributed by atoms with van der Waals surface area (Å²) in [4.78, 5) is 24.8. The SMILES string of the molecule is CC(C)[C@H](NC(CO)c1ccccc1)C(=O)N[C@@H](C)C(=O)OC(C)(C)C. The fourth-order valence-corrected chi connectivity index (χ4v) is 2.48. The summed E-state index contributed by atoms with van der Waals surface area (Å²) in [5.74, 6) is -0.804. The van der Waals surface area contributed by atoms with E-state index in [2.05, 4.69) is 10.6 Å². The zero-order valence-electron chi connectivity index (χ0n) is 16.6. The zero-order valence-corrected chi connectivity index (χ0v) is 16.6. The number of esters is 1. The topological polar surface area (TPSA) is 87.7 Å². The molecule has 0 saturated heterocycles. The van der Waals surface area contributed by atoms with Crippen LogP contribution in [-0.4, -0.2) is 41.3 Å². The van der Waals surface area contributed by atoms with Gasteiger partial charge in [0.1, 0.15) is 11.6 Å². The zero-order chi connectivity index (χ0) is 19.9. The van der Waals surface area contributed by atoms with Gasteiger partial charge in [-0.05, 0) is 39.2 Å². The summed E-state index contributed by atoms with van der Waals surface area (Å²) in [5, 5.41) is 15.6. The number of aliphatic hydroxyl groups excluding tert-OH is 1. The quantitative estimate of drug-likeness (QED) is 0.616. The summed E-state index contributed by atoms with van der Waals surface area (Å²) in [5.41, 5.74) is 0.287. The van der Waals surface area contributed by atoms with E-state index in [0.717, 1.165) is 5.56 Å². The molecule has 0 fully saturated rings. The highest BCUT2D eigenvalue weighted by Gasteiger charge is 2.29. The minimum atomic E-state index is -0.755. The van der Waals surface area contributed by atoms with Crippen LogP contribution in [0.1, 0.15) is 53.1 Å². The average Bonchev–Trinajstić information content (AvgIpc) is 2.54. The molecule has 0 aromatic heterocycles. The number of hydrogen-bond acceptors (Lipinski definition) is 5. The van der Waals surface area contributed by atoms with Crippen LogP contribution in [0, 0.1) is 5.92 Å². The van der Waals surface area contributed by atoms with Crippen molar-refractivity contribution in [3.63, 3.8) is 0 Å². The lowest BCUT2D eigenvalue weighted by atomic mass is 9.99. The number of rotatable bonds is 8. The van der Waals surface area contributed by atoms with Crippen molar-refractivity contribution in [1.29, 1.82) is 0 Å². The number of nitrogens with one attached hydrogen (secondary N) is 2. The predicted octanol–water partition coefficient (Wildman–Crippen LogP) is 2.18. The third-order valence-electron chi connectivity index (χ3n) is 3.83. The van der Waals surface area contributed by atoms with Crippen molar-refractivity contribution in [2.45, 2.75) is 65.3 Å². The minimum Gasteiger partial charge on any atom is -0.458 e. The Morgan fingerprint density at radius 1 is 1.12 bits per heavy atom. The molecule has 1 aromatic rings. The van der Waals surface area contributed by atoms with Crippen LogP contribution in [0.3, 0.4) is 0 Å². The average molecular weight is 364 g/mol. The van der Waals surface area contributed by atoms with E-state index in [1.165, 1.54) is 0 Å². The fraction of sp³-hybridized carbons (Fsp3) is 0.600. The van der Waals surface area contributed by atoms with Gasteiger partial charge in [-0.1, -0.05) is 44.2 Å². The first-order chi connectivity index (χ1) is 12.0. The van der Waals surface area contributed by atoms with Crippen molar-refractivity contribution in [2.75, 3.05) is 6.61 Å². The van der Waals surface area contributed by atoms with Crippen LogP contribution in [0.4, 0.5) is 0 Å². The highest BCUT2D eigenvalue weighted by molar-refractivity contribution is 5.87. The number of hydrogen-bond donors (Lipinski definition) is 3. The van der Waals surface area contributed by atoms with Gasteiger partial charge in [-0.25, -0.2) is 4.79 Å². The molecule has 0 spiro atoms. The van der Waals surface area contributed by atoms with E-state index < -0.39 is 23.7 Å². The Hall–Kier alpha value is -1.92. The fourth-order valence-electron chi connectivity index (χ4n) is 2.48. The molecule has 3 N–H and O–H groups in total. The Bertz CT molecular complexity index is 581. The van der Waals surface area contributed by atoms with Crippen molar-refractivity contribution >= 4 is 11.9 Å². The number of carbonyl (C=O) groups excluding carboxylic acids is 2. The van der Waals surface area contributed by atoms with Crippen LogP contribution >= 0.6 is 0 Å². The van der Waals surface area contributed by atoms with Crippen LogP contribution in [0.15, 0.2) is 30.3 Å². The summed E-state index contributed by atoms with van der Waals surface area (Å²) in [6.07, 6.45) is 0. The van der Waals surface area contributed by atoms with Crippen molar-refractivity contribution in [1.82, 2.24) is 10.6 Å². The van der Waals surface area contributed by atoms with Gasteiger partial charge in [0, 0.05) is 0 Å². The van der Waals surface area contributed by atoms with Gasteiger partial charge in [-0.2, -0.15) is 0 Å². The molecular formula is C20H32N2O4. The van der Waals surface area contributed by atoms with Crippen molar-refractivity contribution in [3.8, 4) is 0 Å². The molecule has 1 unspecified atom stereocenters. The minimum absolute atomic E-state index is 0.0291. The van der Waals surface area contributed by atoms with Crippen LogP contribution in [0.2, 0.25) is 0 Å². The van der Waals surface area contributed by atoms with E-state index in [-0.39, 0.29) is 24.5 Å². The van der Waals surface area contributed by atoms with E-state index in [0.29, 0.717) is 0 Å². The van der Waals surface area contributed by atoms with Gasteiger partial charge in [-0.15, -0.1) is 0 Å². The Labute approximate surface area is 156 Å². The molecule has 0 heterocycles. The number of ether oxygens (including phenoxy) is 1. The Balaban J connectivity index is 2.79. The van der Waals surface area contributed by atoms with Gasteiger partial charge in [0.25, 0.3) is 0 Å². The molecule has 146 valence electrons. The molecule has 6 heteroatoms. The van der Waals surface area contributed by atoms with Crippen molar-refractivity contribution < 1.29 is 19.4 Å². The Kier molecular flexibility index (Phi) is 8.24. The van der Waals surface area contributed by atoms with Crippen LogP contribution in [0.5, 0.6) is 0 Å². The van der Waals surface area contributed by atoms with E-state index in [1.54, 1.807) is 27.7 Å². The van der Waals surface area contributed by atoms with Gasteiger partial charge in [-0.3, -0.25) is 10.1 Å². The third kappa shape index (κ3) is 7.14. The van der Waals surface area contributed by atoms with Gasteiger partial charge in [0.05, 0.1) is 18.7 Å². The standard InChI is InChI=1S/C20H32N2O4/c1-13(2)17(22-16(12-23)15-10-8-7-9-11-15)18(24)21-14(3)19(25)26-20(4,5)6/h7-11,13-14,16-17,22-23H,12H2,1-6H3,(H,21,24)/t14-,16?,17-/m0/s1. The maximum atomic E-state index is 12.7. The molecule has 0 radical (unpaired) electrons. The smallest absolute Gasteiger partial charge is 0.328 e. The Morgan fingerprint density at radius 2 is 1.69 bits per heavy atom. The van der Waals surface area contributed by atoms with E-state index >= 15 is 0 Å². The van der Waals surface area contributed by atoms with Gasteiger partial charge >= 0.3 is 5.97 Å². The molecule has 6 nitrogen and oxygen atoms in total. The predicted molar refractivity (Wildman–Crippen MR) is 101 cm³/mol. The monoisotopic (exact) mass is 364 g/mol. The second-order valence-electron chi connectivity index (χ2n) is 7.80. The van der Waals surface area contributed by atoms with E-state index in [4.69, 9.17) is 4.74 Å². The second kappa shape index (κ2) is 9.69. The molecule has 0 bridgehead atoms. The molecule has 0 aliphatic heterocycles. The normalized spacial score (nSPS) is 15.2. The molecule has 0 aliphatic rings. The Morgan fingerprint density at radius 3 is 2.15 bits per heavy atom. The number of benzene rings is 1. The number of aliphatic hydroxyl groups is 1. The summed E-state index contributed by atoms with van der Waals surface area (Å²) in [6, 6.07) is 7.77. The van der Waals surface area contributed by atoms with Gasteiger partial charge in [0.2, 0.25) is 5.91 Å². The summed E-state index contributed by atoms with van der Waals surface area (Å²) >= 11 is 0. The molecule has 0 aliphatic carbocycles. The molecule has 1 rings (SSSR count). The lowest BCUT2D eigenvalue weighted by molar-refractivity contribution is -0.158. The largest absolute Gasteiger partial charge is 0.458 e. The first-order valence-corrected chi connectivity index (χ1v) is 9.00. The second-order valence-corrected chi connectivity index (χ2v) is 7.80. The summed E-state index contributed by atoms with van der Waals surface area (Å²) < 4.78 is 5.30. The lowest BCUT2D eigenvalue weighted by Gasteiger charge is -2.28. The van der Waals surface area contributed by atoms with Crippen LogP contribution in [-0.2, 0) is 14.3 Å². The van der Waals surface area contributed by atoms with Gasteiger partial charge < -0.3 is 15.2 Å². The van der Waals surface area contributed by atoms with E-state index in [9.17, 15) is 14.7 Å². The maximum Gasteiger partial charge on any atom is 0.328 e. The molecule has 0 saturated carbocycles. The number of carbonyl (C=O) groups is 2. The molecule has 26 heavy (non-hydrogen) atoms.